The highest BCUT2D eigenvalue weighted by Gasteiger charge is 2.43. The topological polar surface area (TPSA) is 72.7 Å². The van der Waals surface area contributed by atoms with Crippen LogP contribution in [0.1, 0.15) is 39.9 Å². The lowest BCUT2D eigenvalue weighted by molar-refractivity contribution is -0.0442. The quantitative estimate of drug-likeness (QED) is 0.782. The largest absolute Gasteiger partial charge is 0.453 e. The lowest BCUT2D eigenvalue weighted by atomic mass is 9.82. The molecule has 1 saturated carbocycles. The second kappa shape index (κ2) is 7.68. The number of alkyl carbamates (subject to hydrolysis) is 1. The van der Waals surface area contributed by atoms with Gasteiger partial charge in [0.25, 0.3) is 0 Å². The highest BCUT2D eigenvalue weighted by Crippen LogP contribution is 2.26. The second-order valence-corrected chi connectivity index (χ2v) is 7.38. The van der Waals surface area contributed by atoms with E-state index in [1.807, 2.05) is 39.8 Å². The molecule has 1 aliphatic carbocycles. The van der Waals surface area contributed by atoms with Crippen molar-refractivity contribution in [1.82, 2.24) is 10.6 Å². The number of hydrogen-bond acceptors (Lipinski definition) is 5. The molecule has 7 heteroatoms. The molecule has 6 nitrogen and oxygen atoms in total. The first kappa shape index (κ1) is 18.3. The fourth-order valence-electron chi connectivity index (χ4n) is 2.54. The van der Waals surface area contributed by atoms with E-state index < -0.39 is 11.7 Å². The summed E-state index contributed by atoms with van der Waals surface area (Å²) in [5, 5.41) is 6.30. The van der Waals surface area contributed by atoms with Crippen molar-refractivity contribution in [2.45, 2.75) is 64.4 Å². The predicted molar refractivity (Wildman–Crippen MR) is 90.2 cm³/mol. The summed E-state index contributed by atoms with van der Waals surface area (Å²) in [5.41, 5.74) is -0.503. The Morgan fingerprint density at radius 1 is 1.43 bits per heavy atom. The number of amides is 1. The van der Waals surface area contributed by atoms with Gasteiger partial charge in [0.05, 0.1) is 24.7 Å². The Morgan fingerprint density at radius 2 is 2.17 bits per heavy atom. The van der Waals surface area contributed by atoms with E-state index in [1.165, 1.54) is 0 Å². The molecular formula is C16H25BrN2O4. The van der Waals surface area contributed by atoms with Crippen LogP contribution < -0.4 is 10.6 Å². The summed E-state index contributed by atoms with van der Waals surface area (Å²) in [6, 6.07) is 3.78. The first-order valence-electron chi connectivity index (χ1n) is 7.87. The number of carbonyl (C=O) groups is 1. The van der Waals surface area contributed by atoms with E-state index in [0.29, 0.717) is 17.8 Å². The molecule has 1 aliphatic rings. The Balaban J connectivity index is 1.87. The summed E-state index contributed by atoms with van der Waals surface area (Å²) in [6.45, 7) is 8.73. The fraction of sp³-hybridized carbons (Fsp3) is 0.688. The van der Waals surface area contributed by atoms with Crippen LogP contribution >= 0.6 is 15.9 Å². The van der Waals surface area contributed by atoms with Gasteiger partial charge < -0.3 is 24.5 Å². The van der Waals surface area contributed by atoms with Gasteiger partial charge >= 0.3 is 6.09 Å². The summed E-state index contributed by atoms with van der Waals surface area (Å²) in [4.78, 5) is 11.9. The summed E-state index contributed by atoms with van der Waals surface area (Å²) in [6.07, 6.45) is 0.454. The van der Waals surface area contributed by atoms with Crippen LogP contribution in [0.5, 0.6) is 0 Å². The maximum Gasteiger partial charge on any atom is 0.407 e. The third-order valence-electron chi connectivity index (χ3n) is 3.54. The number of furan rings is 1. The average molecular weight is 389 g/mol. The van der Waals surface area contributed by atoms with Crippen LogP contribution in [0.2, 0.25) is 0 Å². The second-order valence-electron chi connectivity index (χ2n) is 6.59. The Kier molecular flexibility index (Phi) is 6.11. The van der Waals surface area contributed by atoms with Gasteiger partial charge in [-0.3, -0.25) is 0 Å². The highest BCUT2D eigenvalue weighted by molar-refractivity contribution is 9.10. The minimum Gasteiger partial charge on any atom is -0.453 e. The predicted octanol–water partition coefficient (Wildman–Crippen LogP) is 3.20. The van der Waals surface area contributed by atoms with Gasteiger partial charge in [-0.05, 0) is 62.2 Å². The van der Waals surface area contributed by atoms with Crippen molar-refractivity contribution in [3.8, 4) is 0 Å². The van der Waals surface area contributed by atoms with Crippen LogP contribution in [0.3, 0.4) is 0 Å². The standard InChI is InChI=1S/C16H25BrN2O4/c1-5-21-12-8-11(19-15(20)23-16(2,3)4)14(12)18-9-10-6-7-13(17)22-10/h6-7,11-12,14,18H,5,8-9H2,1-4H3,(H,19,20). The van der Waals surface area contributed by atoms with Crippen LogP contribution in [-0.2, 0) is 16.0 Å². The molecule has 0 aromatic carbocycles. The van der Waals surface area contributed by atoms with Crippen molar-refractivity contribution in [3.05, 3.63) is 22.6 Å². The van der Waals surface area contributed by atoms with Crippen molar-refractivity contribution in [2.24, 2.45) is 0 Å². The molecule has 1 aromatic rings. The molecular weight excluding hydrogens is 364 g/mol. The lowest BCUT2D eigenvalue weighted by Crippen LogP contribution is -2.66. The molecule has 1 fully saturated rings. The zero-order valence-corrected chi connectivity index (χ0v) is 15.6. The van der Waals surface area contributed by atoms with Gasteiger partial charge in [0.1, 0.15) is 11.4 Å². The highest BCUT2D eigenvalue weighted by atomic mass is 79.9. The number of hydrogen-bond donors (Lipinski definition) is 2. The maximum atomic E-state index is 11.9. The Bertz CT molecular complexity index is 526. The molecule has 2 N–H and O–H groups in total. The summed E-state index contributed by atoms with van der Waals surface area (Å²) < 4.78 is 17.2. The number of rotatable bonds is 6. The monoisotopic (exact) mass is 388 g/mol. The zero-order valence-electron chi connectivity index (χ0n) is 14.0. The van der Waals surface area contributed by atoms with Gasteiger partial charge in [0, 0.05) is 6.61 Å². The van der Waals surface area contributed by atoms with Gasteiger partial charge in [-0.1, -0.05) is 0 Å². The molecule has 0 saturated heterocycles. The SMILES string of the molecule is CCOC1CC(NC(=O)OC(C)(C)C)C1NCc1ccc(Br)o1. The Labute approximate surface area is 145 Å². The van der Waals surface area contributed by atoms with Gasteiger partial charge in [0.15, 0.2) is 4.67 Å². The molecule has 0 bridgehead atoms. The minimum atomic E-state index is -0.503. The van der Waals surface area contributed by atoms with Crippen molar-refractivity contribution in [3.63, 3.8) is 0 Å². The number of ether oxygens (including phenoxy) is 2. The summed E-state index contributed by atoms with van der Waals surface area (Å²) in [5.74, 6) is 0.829. The molecule has 130 valence electrons. The number of carbonyl (C=O) groups excluding carboxylic acids is 1. The van der Waals surface area contributed by atoms with Crippen molar-refractivity contribution in [1.29, 1.82) is 0 Å². The van der Waals surface area contributed by atoms with E-state index in [9.17, 15) is 4.79 Å². The number of nitrogens with one attached hydrogen (secondary N) is 2. The van der Waals surface area contributed by atoms with E-state index in [2.05, 4.69) is 26.6 Å². The van der Waals surface area contributed by atoms with E-state index in [4.69, 9.17) is 13.9 Å². The Hall–Kier alpha value is -1.05. The molecule has 2 rings (SSSR count). The zero-order chi connectivity index (χ0) is 17.0. The van der Waals surface area contributed by atoms with Gasteiger partial charge in [0.2, 0.25) is 0 Å². The third-order valence-corrected chi connectivity index (χ3v) is 3.97. The molecule has 0 aliphatic heterocycles. The molecule has 1 aromatic heterocycles. The van der Waals surface area contributed by atoms with Crippen LogP contribution in [0.15, 0.2) is 21.2 Å². The molecule has 1 heterocycles. The minimum absolute atomic E-state index is 0.0141. The number of halogens is 1. The average Bonchev–Trinajstić information content (AvgIpc) is 2.81. The fourth-order valence-corrected chi connectivity index (χ4v) is 2.88. The van der Waals surface area contributed by atoms with Crippen LogP contribution in [0.25, 0.3) is 0 Å². The molecule has 3 unspecified atom stereocenters. The van der Waals surface area contributed by atoms with Gasteiger partial charge in [-0.2, -0.15) is 0 Å². The first-order valence-corrected chi connectivity index (χ1v) is 8.66. The smallest absolute Gasteiger partial charge is 0.407 e. The molecule has 3 atom stereocenters. The molecule has 23 heavy (non-hydrogen) atoms. The first-order chi connectivity index (χ1) is 10.8. The molecule has 1 amide bonds. The summed E-state index contributed by atoms with van der Waals surface area (Å²) >= 11 is 3.29. The van der Waals surface area contributed by atoms with E-state index in [1.54, 1.807) is 0 Å². The van der Waals surface area contributed by atoms with Crippen LogP contribution in [0, 0.1) is 0 Å². The van der Waals surface area contributed by atoms with Crippen molar-refractivity contribution in [2.75, 3.05) is 6.61 Å². The van der Waals surface area contributed by atoms with Crippen LogP contribution in [-0.4, -0.2) is 36.5 Å². The van der Waals surface area contributed by atoms with E-state index in [-0.39, 0.29) is 18.2 Å². The lowest BCUT2D eigenvalue weighted by Gasteiger charge is -2.44. The third kappa shape index (κ3) is 5.51. The maximum absolute atomic E-state index is 11.9. The van der Waals surface area contributed by atoms with E-state index in [0.717, 1.165) is 12.2 Å². The van der Waals surface area contributed by atoms with E-state index >= 15 is 0 Å². The van der Waals surface area contributed by atoms with Gasteiger partial charge in [-0.25, -0.2) is 4.79 Å². The Morgan fingerprint density at radius 3 is 2.74 bits per heavy atom. The van der Waals surface area contributed by atoms with Crippen molar-refractivity contribution < 1.29 is 18.7 Å². The van der Waals surface area contributed by atoms with Crippen LogP contribution in [0.4, 0.5) is 4.79 Å². The summed E-state index contributed by atoms with van der Waals surface area (Å²) in [7, 11) is 0. The molecule has 0 radical (unpaired) electrons. The molecule has 0 spiro atoms. The van der Waals surface area contributed by atoms with Crippen molar-refractivity contribution >= 4 is 22.0 Å². The normalized spacial score (nSPS) is 24.1. The van der Waals surface area contributed by atoms with Gasteiger partial charge in [-0.15, -0.1) is 0 Å².